The Morgan fingerprint density at radius 2 is 1.81 bits per heavy atom. The highest BCUT2D eigenvalue weighted by Crippen LogP contribution is 2.24. The van der Waals surface area contributed by atoms with Crippen molar-refractivity contribution in [2.24, 2.45) is 0 Å². The Kier molecular flexibility index (Phi) is 6.86. The van der Waals surface area contributed by atoms with Crippen molar-refractivity contribution in [2.45, 2.75) is 45.6 Å². The first-order chi connectivity index (χ1) is 12.3. The van der Waals surface area contributed by atoms with E-state index in [2.05, 4.69) is 26.1 Å². The van der Waals surface area contributed by atoms with E-state index in [0.29, 0.717) is 18.7 Å². The van der Waals surface area contributed by atoms with Gasteiger partial charge in [0.05, 0.1) is 0 Å². The Morgan fingerprint density at radius 3 is 2.42 bits per heavy atom. The molecule has 0 saturated carbocycles. The van der Waals surface area contributed by atoms with Crippen molar-refractivity contribution in [3.8, 4) is 5.75 Å². The minimum atomic E-state index is -0.410. The maximum absolute atomic E-state index is 11.9. The van der Waals surface area contributed by atoms with Gasteiger partial charge in [0.15, 0.2) is 5.76 Å². The zero-order valence-corrected chi connectivity index (χ0v) is 16.1. The van der Waals surface area contributed by atoms with E-state index in [4.69, 9.17) is 20.8 Å². The second-order valence-electron chi connectivity index (χ2n) is 7.04. The largest absolute Gasteiger partial charge is 0.486 e. The van der Waals surface area contributed by atoms with Crippen molar-refractivity contribution in [3.05, 3.63) is 53.5 Å². The summed E-state index contributed by atoms with van der Waals surface area (Å²) in [6.07, 6.45) is 0.725. The van der Waals surface area contributed by atoms with Crippen LogP contribution in [0.1, 0.15) is 55.5 Å². The molecule has 0 fully saturated rings. The molecule has 1 heterocycles. The van der Waals surface area contributed by atoms with Crippen LogP contribution in [0.25, 0.3) is 0 Å². The van der Waals surface area contributed by atoms with E-state index in [1.165, 1.54) is 5.56 Å². The number of furan rings is 1. The highest BCUT2D eigenvalue weighted by Gasteiger charge is 2.14. The van der Waals surface area contributed by atoms with Gasteiger partial charge in [-0.2, -0.15) is 0 Å². The van der Waals surface area contributed by atoms with Gasteiger partial charge in [0.1, 0.15) is 18.1 Å². The normalized spacial score (nSPS) is 11.2. The highest BCUT2D eigenvalue weighted by atomic mass is 35.5. The summed E-state index contributed by atoms with van der Waals surface area (Å²) >= 11 is 5.25. The Labute approximate surface area is 158 Å². The van der Waals surface area contributed by atoms with Gasteiger partial charge in [-0.1, -0.05) is 32.9 Å². The maximum atomic E-state index is 11.9. The van der Waals surface area contributed by atoms with Crippen LogP contribution in [0.15, 0.2) is 40.8 Å². The molecule has 0 atom stereocenters. The molecule has 1 aromatic heterocycles. The molecule has 1 aromatic carbocycles. The molecule has 0 aliphatic rings. The molecule has 0 bridgehead atoms. The molecular weight excluding hydrogens is 354 g/mol. The van der Waals surface area contributed by atoms with Gasteiger partial charge in [-0.25, -0.2) is 0 Å². The van der Waals surface area contributed by atoms with Gasteiger partial charge in [-0.05, 0) is 53.3 Å². The van der Waals surface area contributed by atoms with Gasteiger partial charge in [-0.15, -0.1) is 0 Å². The molecular formula is C20H24ClNO4. The van der Waals surface area contributed by atoms with E-state index in [0.717, 1.165) is 5.75 Å². The second kappa shape index (κ2) is 8.90. The molecule has 6 heteroatoms. The summed E-state index contributed by atoms with van der Waals surface area (Å²) in [4.78, 5) is 22.6. The summed E-state index contributed by atoms with van der Waals surface area (Å²) in [5.41, 5.74) is 1.33. The first kappa shape index (κ1) is 20.0. The van der Waals surface area contributed by atoms with E-state index in [-0.39, 0.29) is 30.1 Å². The van der Waals surface area contributed by atoms with Crippen molar-refractivity contribution in [1.29, 1.82) is 0 Å². The lowest BCUT2D eigenvalue weighted by Gasteiger charge is -2.19. The molecule has 0 aliphatic heterocycles. The van der Waals surface area contributed by atoms with Crippen LogP contribution >= 0.6 is 11.6 Å². The second-order valence-corrected chi connectivity index (χ2v) is 7.47. The molecule has 2 aromatic rings. The Bertz CT molecular complexity index is 744. The van der Waals surface area contributed by atoms with Crippen molar-refractivity contribution < 1.29 is 18.7 Å². The molecule has 0 unspecified atom stereocenters. The third-order valence-corrected chi connectivity index (χ3v) is 4.01. The Morgan fingerprint density at radius 1 is 1.12 bits per heavy atom. The minimum Gasteiger partial charge on any atom is -0.486 e. The number of rotatable bonds is 8. The van der Waals surface area contributed by atoms with Crippen LogP contribution in [0.3, 0.4) is 0 Å². The fourth-order valence-corrected chi connectivity index (χ4v) is 2.43. The molecule has 0 saturated heterocycles. The first-order valence-electron chi connectivity index (χ1n) is 8.54. The predicted molar refractivity (Wildman–Crippen MR) is 101 cm³/mol. The third kappa shape index (κ3) is 6.23. The van der Waals surface area contributed by atoms with Crippen LogP contribution in [0.4, 0.5) is 0 Å². The fraction of sp³-hybridized carbons (Fsp3) is 0.400. The summed E-state index contributed by atoms with van der Waals surface area (Å²) in [7, 11) is 0. The van der Waals surface area contributed by atoms with Crippen LogP contribution in [-0.4, -0.2) is 17.7 Å². The summed E-state index contributed by atoms with van der Waals surface area (Å²) in [6, 6.07) is 11.2. The maximum Gasteiger partial charge on any atom is 0.286 e. The molecule has 2 rings (SSSR count). The topological polar surface area (TPSA) is 68.5 Å². The molecule has 0 aliphatic carbocycles. The van der Waals surface area contributed by atoms with Gasteiger partial charge in [0, 0.05) is 13.0 Å². The molecule has 1 amide bonds. The minimum absolute atomic E-state index is 0.0961. The van der Waals surface area contributed by atoms with Crippen molar-refractivity contribution in [1.82, 2.24) is 5.32 Å². The number of hydrogen-bond donors (Lipinski definition) is 1. The van der Waals surface area contributed by atoms with Crippen LogP contribution < -0.4 is 10.1 Å². The van der Waals surface area contributed by atoms with Crippen LogP contribution in [0.2, 0.25) is 0 Å². The quantitative estimate of drug-likeness (QED) is 0.545. The molecule has 140 valence electrons. The summed E-state index contributed by atoms with van der Waals surface area (Å²) in [5.74, 6) is 1.19. The van der Waals surface area contributed by atoms with Crippen LogP contribution in [-0.2, 0) is 16.8 Å². The highest BCUT2D eigenvalue weighted by molar-refractivity contribution is 6.63. The lowest BCUT2D eigenvalue weighted by Crippen LogP contribution is -2.24. The average Bonchev–Trinajstić information content (AvgIpc) is 3.05. The van der Waals surface area contributed by atoms with Gasteiger partial charge < -0.3 is 14.5 Å². The SMILES string of the molecule is CC(C)(C)c1ccc(OCc2ccc(C(=O)NCCCC(=O)Cl)o2)cc1. The number of carbonyl (C=O) groups is 2. The molecule has 26 heavy (non-hydrogen) atoms. The van der Waals surface area contributed by atoms with E-state index in [1.54, 1.807) is 12.1 Å². The standard InChI is InChI=1S/C20H24ClNO4/c1-20(2,3)14-6-8-15(9-7-14)25-13-16-10-11-17(26-16)19(24)22-12-4-5-18(21)23/h6-11H,4-5,12-13H2,1-3H3,(H,22,24). The fourth-order valence-electron chi connectivity index (χ4n) is 2.30. The van der Waals surface area contributed by atoms with E-state index in [9.17, 15) is 9.59 Å². The number of carbonyl (C=O) groups excluding carboxylic acids is 2. The molecule has 5 nitrogen and oxygen atoms in total. The van der Waals surface area contributed by atoms with E-state index in [1.807, 2.05) is 24.3 Å². The van der Waals surface area contributed by atoms with Gasteiger partial charge in [0.2, 0.25) is 5.24 Å². The predicted octanol–water partition coefficient (Wildman–Crippen LogP) is 4.43. The lowest BCUT2D eigenvalue weighted by molar-refractivity contribution is -0.111. The number of amides is 1. The molecule has 0 radical (unpaired) electrons. The number of benzene rings is 1. The lowest BCUT2D eigenvalue weighted by atomic mass is 9.87. The number of nitrogens with one attached hydrogen (secondary N) is 1. The van der Waals surface area contributed by atoms with Crippen molar-refractivity contribution >= 4 is 22.8 Å². The number of ether oxygens (including phenoxy) is 1. The van der Waals surface area contributed by atoms with Crippen LogP contribution in [0.5, 0.6) is 5.75 Å². The number of hydrogen-bond acceptors (Lipinski definition) is 4. The average molecular weight is 378 g/mol. The van der Waals surface area contributed by atoms with Gasteiger partial charge >= 0.3 is 0 Å². The summed E-state index contributed by atoms with van der Waals surface area (Å²) in [6.45, 7) is 7.08. The Hall–Kier alpha value is -2.27. The van der Waals surface area contributed by atoms with E-state index < -0.39 is 5.24 Å². The molecule has 1 N–H and O–H groups in total. The Balaban J connectivity index is 1.82. The number of halogens is 1. The smallest absolute Gasteiger partial charge is 0.286 e. The van der Waals surface area contributed by atoms with Crippen molar-refractivity contribution in [3.63, 3.8) is 0 Å². The zero-order chi connectivity index (χ0) is 19.2. The monoisotopic (exact) mass is 377 g/mol. The van der Waals surface area contributed by atoms with Gasteiger partial charge in [0.25, 0.3) is 5.91 Å². The summed E-state index contributed by atoms with van der Waals surface area (Å²) < 4.78 is 11.2. The van der Waals surface area contributed by atoms with Gasteiger partial charge in [-0.3, -0.25) is 9.59 Å². The summed E-state index contributed by atoms with van der Waals surface area (Å²) in [5, 5.41) is 2.27. The van der Waals surface area contributed by atoms with Crippen LogP contribution in [0, 0.1) is 0 Å². The zero-order valence-electron chi connectivity index (χ0n) is 15.3. The first-order valence-corrected chi connectivity index (χ1v) is 8.92. The molecule has 0 spiro atoms. The third-order valence-electron chi connectivity index (χ3n) is 3.82. The van der Waals surface area contributed by atoms with E-state index >= 15 is 0 Å². The van der Waals surface area contributed by atoms with Crippen molar-refractivity contribution in [2.75, 3.05) is 6.54 Å².